The maximum Gasteiger partial charge on any atom is 0.129 e. The molecule has 0 aliphatic heterocycles. The van der Waals surface area contributed by atoms with Crippen molar-refractivity contribution in [3.8, 4) is 5.75 Å². The molecule has 2 aromatic rings. The van der Waals surface area contributed by atoms with E-state index in [1.165, 1.54) is 18.4 Å². The second-order valence-corrected chi connectivity index (χ2v) is 5.89. The summed E-state index contributed by atoms with van der Waals surface area (Å²) in [6, 6.07) is 12.4. The highest BCUT2D eigenvalue weighted by Gasteiger charge is 2.32. The Morgan fingerprint density at radius 1 is 1.19 bits per heavy atom. The van der Waals surface area contributed by atoms with Crippen LogP contribution in [0.15, 0.2) is 36.4 Å². The van der Waals surface area contributed by atoms with E-state index in [0.717, 1.165) is 17.1 Å². The molecule has 1 saturated carbocycles. The van der Waals surface area contributed by atoms with Crippen molar-refractivity contribution in [3.05, 3.63) is 52.8 Å². The minimum atomic E-state index is 0.317. The number of methoxy groups -OCH3 is 1. The Balaban J connectivity index is 1.84. The van der Waals surface area contributed by atoms with Gasteiger partial charge in [0.15, 0.2) is 0 Å². The number of nitrogens with one attached hydrogen (secondary N) is 1. The van der Waals surface area contributed by atoms with Crippen molar-refractivity contribution in [2.75, 3.05) is 12.4 Å². The first-order chi connectivity index (χ1) is 10.2. The summed E-state index contributed by atoms with van der Waals surface area (Å²) in [6.45, 7) is 1.98. The second-order valence-electron chi connectivity index (χ2n) is 5.50. The highest BCUT2D eigenvalue weighted by molar-refractivity contribution is 6.29. The minimum absolute atomic E-state index is 0.317. The van der Waals surface area contributed by atoms with Crippen molar-refractivity contribution >= 4 is 17.3 Å². The zero-order valence-electron chi connectivity index (χ0n) is 12.3. The number of anilines is 1. The van der Waals surface area contributed by atoms with Crippen LogP contribution in [0.2, 0.25) is 5.15 Å². The van der Waals surface area contributed by atoms with Crippen LogP contribution in [0.5, 0.6) is 5.75 Å². The molecule has 110 valence electrons. The molecule has 0 bridgehead atoms. The third-order valence-electron chi connectivity index (χ3n) is 3.93. The van der Waals surface area contributed by atoms with Gasteiger partial charge in [0.2, 0.25) is 0 Å². The number of hydrogen-bond donors (Lipinski definition) is 1. The van der Waals surface area contributed by atoms with Gasteiger partial charge in [-0.05, 0) is 55.5 Å². The molecule has 0 saturated heterocycles. The van der Waals surface area contributed by atoms with E-state index in [2.05, 4.69) is 22.4 Å². The lowest BCUT2D eigenvalue weighted by Gasteiger charge is -2.21. The molecular weight excluding hydrogens is 284 g/mol. The predicted molar refractivity (Wildman–Crippen MR) is 86.1 cm³/mol. The summed E-state index contributed by atoms with van der Waals surface area (Å²) in [4.78, 5) is 4.31. The molecule has 1 unspecified atom stereocenters. The molecule has 1 fully saturated rings. The summed E-state index contributed by atoms with van der Waals surface area (Å²) in [5.74, 6) is 1.58. The average Bonchev–Trinajstić information content (AvgIpc) is 3.31. The van der Waals surface area contributed by atoms with E-state index >= 15 is 0 Å². The number of rotatable bonds is 5. The fourth-order valence-corrected chi connectivity index (χ4v) is 2.75. The molecule has 0 amide bonds. The summed E-state index contributed by atoms with van der Waals surface area (Å²) < 4.78 is 5.23. The maximum atomic E-state index is 5.93. The van der Waals surface area contributed by atoms with Crippen molar-refractivity contribution in [1.29, 1.82) is 0 Å². The van der Waals surface area contributed by atoms with Gasteiger partial charge >= 0.3 is 0 Å². The molecule has 1 atom stereocenters. The van der Waals surface area contributed by atoms with Crippen LogP contribution in [0.1, 0.15) is 30.1 Å². The molecule has 3 rings (SSSR count). The van der Waals surface area contributed by atoms with Crippen LogP contribution in [0.4, 0.5) is 5.69 Å². The number of aromatic nitrogens is 1. The van der Waals surface area contributed by atoms with Gasteiger partial charge in [0, 0.05) is 0 Å². The van der Waals surface area contributed by atoms with Crippen LogP contribution in [0.25, 0.3) is 0 Å². The van der Waals surface area contributed by atoms with Gasteiger partial charge in [0.25, 0.3) is 0 Å². The number of nitrogens with zero attached hydrogens (tertiary/aromatic N) is 1. The first-order valence-electron chi connectivity index (χ1n) is 7.21. The summed E-state index contributed by atoms with van der Waals surface area (Å²) in [5.41, 5.74) is 3.27. The number of pyridine rings is 1. The Kier molecular flexibility index (Phi) is 4.02. The molecule has 1 aromatic heterocycles. The predicted octanol–water partition coefficient (Wildman–Crippen LogP) is 4.62. The van der Waals surface area contributed by atoms with Gasteiger partial charge < -0.3 is 10.1 Å². The first-order valence-corrected chi connectivity index (χ1v) is 7.59. The van der Waals surface area contributed by atoms with Crippen LogP contribution >= 0.6 is 11.6 Å². The third-order valence-corrected chi connectivity index (χ3v) is 4.14. The second kappa shape index (κ2) is 5.94. The highest BCUT2D eigenvalue weighted by atomic mass is 35.5. The molecule has 21 heavy (non-hydrogen) atoms. The zero-order chi connectivity index (χ0) is 14.8. The largest absolute Gasteiger partial charge is 0.497 e. The van der Waals surface area contributed by atoms with Gasteiger partial charge in [-0.15, -0.1) is 0 Å². The summed E-state index contributed by atoms with van der Waals surface area (Å²) in [6.07, 6.45) is 2.54. The van der Waals surface area contributed by atoms with Gasteiger partial charge in [-0.2, -0.15) is 0 Å². The summed E-state index contributed by atoms with van der Waals surface area (Å²) in [5, 5.41) is 4.16. The molecule has 1 N–H and O–H groups in total. The Hall–Kier alpha value is -1.74. The van der Waals surface area contributed by atoms with Gasteiger partial charge in [-0.25, -0.2) is 4.98 Å². The monoisotopic (exact) mass is 302 g/mol. The number of ether oxygens (including phenoxy) is 1. The van der Waals surface area contributed by atoms with Crippen molar-refractivity contribution in [3.63, 3.8) is 0 Å². The highest BCUT2D eigenvalue weighted by Crippen LogP contribution is 2.43. The standard InChI is InChI=1S/C17H19ClN2O/c1-11-15(9-10-16(18)19-11)20-17(12-3-4-12)13-5-7-14(21-2)8-6-13/h5-10,12,17,20H,3-4H2,1-2H3. The Morgan fingerprint density at radius 2 is 1.90 bits per heavy atom. The number of aryl methyl sites for hydroxylation is 1. The molecule has 3 nitrogen and oxygen atoms in total. The SMILES string of the molecule is COc1ccc(C(Nc2ccc(Cl)nc2C)C2CC2)cc1. The topological polar surface area (TPSA) is 34.1 Å². The fraction of sp³-hybridized carbons (Fsp3) is 0.353. The lowest BCUT2D eigenvalue weighted by atomic mass is 10.0. The Morgan fingerprint density at radius 3 is 2.48 bits per heavy atom. The number of halogens is 1. The smallest absolute Gasteiger partial charge is 0.129 e. The van der Waals surface area contributed by atoms with E-state index in [0.29, 0.717) is 17.1 Å². The van der Waals surface area contributed by atoms with Gasteiger partial charge in [0.05, 0.1) is 24.5 Å². The van der Waals surface area contributed by atoms with Crippen LogP contribution in [-0.4, -0.2) is 12.1 Å². The van der Waals surface area contributed by atoms with E-state index in [-0.39, 0.29) is 0 Å². The summed E-state index contributed by atoms with van der Waals surface area (Å²) >= 11 is 5.93. The van der Waals surface area contributed by atoms with Crippen molar-refractivity contribution in [1.82, 2.24) is 4.98 Å². The fourth-order valence-electron chi connectivity index (χ4n) is 2.56. The molecule has 1 aromatic carbocycles. The lowest BCUT2D eigenvalue weighted by molar-refractivity contribution is 0.414. The van der Waals surface area contributed by atoms with Crippen molar-refractivity contribution in [2.45, 2.75) is 25.8 Å². The zero-order valence-corrected chi connectivity index (χ0v) is 13.0. The normalized spacial score (nSPS) is 15.6. The number of benzene rings is 1. The molecule has 1 heterocycles. The van der Waals surface area contributed by atoms with Crippen molar-refractivity contribution in [2.24, 2.45) is 5.92 Å². The minimum Gasteiger partial charge on any atom is -0.497 e. The summed E-state index contributed by atoms with van der Waals surface area (Å²) in [7, 11) is 1.69. The molecule has 4 heteroatoms. The maximum absolute atomic E-state index is 5.93. The molecule has 1 aliphatic carbocycles. The lowest BCUT2D eigenvalue weighted by Crippen LogP contribution is -2.14. The third kappa shape index (κ3) is 3.30. The van der Waals surface area contributed by atoms with E-state index in [1.54, 1.807) is 7.11 Å². The quantitative estimate of drug-likeness (QED) is 0.819. The van der Waals surface area contributed by atoms with Crippen LogP contribution in [0, 0.1) is 12.8 Å². The van der Waals surface area contributed by atoms with Gasteiger partial charge in [0.1, 0.15) is 10.9 Å². The van der Waals surface area contributed by atoms with E-state index in [1.807, 2.05) is 31.2 Å². The average molecular weight is 303 g/mol. The van der Waals surface area contributed by atoms with Crippen LogP contribution in [-0.2, 0) is 0 Å². The van der Waals surface area contributed by atoms with E-state index < -0.39 is 0 Å². The Bertz CT molecular complexity index is 623. The molecule has 1 aliphatic rings. The van der Waals surface area contributed by atoms with Gasteiger partial charge in [-0.3, -0.25) is 0 Å². The molecule has 0 spiro atoms. The Labute approximate surface area is 130 Å². The number of hydrogen-bond acceptors (Lipinski definition) is 3. The first kappa shape index (κ1) is 14.2. The van der Waals surface area contributed by atoms with E-state index in [9.17, 15) is 0 Å². The van der Waals surface area contributed by atoms with Crippen molar-refractivity contribution < 1.29 is 4.74 Å². The van der Waals surface area contributed by atoms with Crippen LogP contribution in [0.3, 0.4) is 0 Å². The van der Waals surface area contributed by atoms with Crippen LogP contribution < -0.4 is 10.1 Å². The van der Waals surface area contributed by atoms with E-state index in [4.69, 9.17) is 16.3 Å². The van der Waals surface area contributed by atoms with Gasteiger partial charge in [-0.1, -0.05) is 23.7 Å². The molecule has 0 radical (unpaired) electrons. The molecular formula is C17H19ClN2O.